The van der Waals surface area contributed by atoms with Gasteiger partial charge in [0.1, 0.15) is 0 Å². The highest BCUT2D eigenvalue weighted by Crippen LogP contribution is 2.22. The first-order valence-corrected chi connectivity index (χ1v) is 10.4. The van der Waals surface area contributed by atoms with Crippen LogP contribution < -0.4 is 5.32 Å². The Balaban J connectivity index is 1.55. The molecule has 1 aliphatic heterocycles. The van der Waals surface area contributed by atoms with Gasteiger partial charge in [-0.1, -0.05) is 22.0 Å². The molecule has 0 saturated carbocycles. The van der Waals surface area contributed by atoms with E-state index in [4.69, 9.17) is 4.74 Å². The summed E-state index contributed by atoms with van der Waals surface area (Å²) in [4.78, 5) is 38.9. The minimum Gasteiger partial charge on any atom is -0.462 e. The Morgan fingerprint density at radius 1 is 1.07 bits per heavy atom. The van der Waals surface area contributed by atoms with E-state index >= 15 is 0 Å². The zero-order valence-corrected chi connectivity index (χ0v) is 17.8. The normalized spacial score (nSPS) is 14.3. The lowest BCUT2D eigenvalue weighted by Crippen LogP contribution is -2.41. The van der Waals surface area contributed by atoms with E-state index in [9.17, 15) is 14.4 Å². The number of nitrogens with one attached hydrogen (secondary N) is 1. The van der Waals surface area contributed by atoms with E-state index in [1.165, 1.54) is 0 Å². The Kier molecular flexibility index (Phi) is 7.04. The fourth-order valence-electron chi connectivity index (χ4n) is 3.30. The number of ether oxygens (including phenoxy) is 1. The van der Waals surface area contributed by atoms with Crippen molar-refractivity contribution in [2.24, 2.45) is 5.92 Å². The maximum absolute atomic E-state index is 12.6. The van der Waals surface area contributed by atoms with Crippen molar-refractivity contribution in [3.8, 4) is 0 Å². The minimum atomic E-state index is -0.414. The molecule has 0 bridgehead atoms. The standard InChI is InChI=1S/C22H23BrN2O4/c1-2-29-22(28)17-4-3-5-19(14-17)24-20(26)15-10-12-25(13-11-15)21(27)16-6-8-18(23)9-7-16/h3-9,14-15H,2,10-13H2,1H3,(H,24,26). The van der Waals surface area contributed by atoms with E-state index in [0.717, 1.165) is 4.47 Å². The summed E-state index contributed by atoms with van der Waals surface area (Å²) < 4.78 is 5.92. The smallest absolute Gasteiger partial charge is 0.338 e. The van der Waals surface area contributed by atoms with E-state index in [2.05, 4.69) is 21.2 Å². The maximum atomic E-state index is 12.6. The van der Waals surface area contributed by atoms with Crippen LogP contribution in [0.4, 0.5) is 5.69 Å². The van der Waals surface area contributed by atoms with Crippen molar-refractivity contribution < 1.29 is 19.1 Å². The SMILES string of the molecule is CCOC(=O)c1cccc(NC(=O)C2CCN(C(=O)c3ccc(Br)cc3)CC2)c1. The topological polar surface area (TPSA) is 75.7 Å². The average Bonchev–Trinajstić information content (AvgIpc) is 2.74. The molecule has 2 aromatic carbocycles. The van der Waals surface area contributed by atoms with Gasteiger partial charge in [-0.25, -0.2) is 4.79 Å². The van der Waals surface area contributed by atoms with Crippen LogP contribution in [-0.4, -0.2) is 42.4 Å². The molecule has 0 unspecified atom stereocenters. The van der Waals surface area contributed by atoms with E-state index in [1.54, 1.807) is 48.2 Å². The van der Waals surface area contributed by atoms with Crippen molar-refractivity contribution in [2.45, 2.75) is 19.8 Å². The van der Waals surface area contributed by atoms with Gasteiger partial charge in [0, 0.05) is 34.7 Å². The number of amides is 2. The Morgan fingerprint density at radius 3 is 2.41 bits per heavy atom. The van der Waals surface area contributed by atoms with Gasteiger partial charge in [-0.2, -0.15) is 0 Å². The molecule has 1 aliphatic rings. The molecule has 6 nitrogen and oxygen atoms in total. The van der Waals surface area contributed by atoms with Crippen molar-refractivity contribution in [3.05, 3.63) is 64.1 Å². The average molecular weight is 459 g/mol. The van der Waals surface area contributed by atoms with E-state index < -0.39 is 5.97 Å². The summed E-state index contributed by atoms with van der Waals surface area (Å²) in [5.74, 6) is -0.696. The maximum Gasteiger partial charge on any atom is 0.338 e. The molecule has 1 heterocycles. The Hall–Kier alpha value is -2.67. The largest absolute Gasteiger partial charge is 0.462 e. The highest BCUT2D eigenvalue weighted by molar-refractivity contribution is 9.10. The zero-order chi connectivity index (χ0) is 20.8. The van der Waals surface area contributed by atoms with Crippen molar-refractivity contribution >= 4 is 39.4 Å². The van der Waals surface area contributed by atoms with E-state index in [1.807, 2.05) is 12.1 Å². The number of hydrogen-bond donors (Lipinski definition) is 1. The molecular formula is C22H23BrN2O4. The first kappa shape index (κ1) is 21.0. The van der Waals surface area contributed by atoms with Crippen molar-refractivity contribution in [1.29, 1.82) is 0 Å². The third kappa shape index (κ3) is 5.44. The van der Waals surface area contributed by atoms with Crippen LogP contribution in [0.3, 0.4) is 0 Å². The first-order chi connectivity index (χ1) is 14.0. The molecule has 0 aromatic heterocycles. The molecule has 0 spiro atoms. The number of carbonyl (C=O) groups excluding carboxylic acids is 3. The Labute approximate surface area is 178 Å². The second-order valence-electron chi connectivity index (χ2n) is 6.86. The van der Waals surface area contributed by atoms with Crippen molar-refractivity contribution in [2.75, 3.05) is 25.0 Å². The van der Waals surface area contributed by atoms with Gasteiger partial charge in [0.05, 0.1) is 12.2 Å². The Morgan fingerprint density at radius 2 is 1.76 bits per heavy atom. The molecule has 0 radical (unpaired) electrons. The lowest BCUT2D eigenvalue weighted by Gasteiger charge is -2.31. The van der Waals surface area contributed by atoms with Gasteiger partial charge in [0.15, 0.2) is 0 Å². The number of halogens is 1. The molecule has 3 rings (SSSR count). The highest BCUT2D eigenvalue weighted by Gasteiger charge is 2.28. The number of likely N-dealkylation sites (tertiary alicyclic amines) is 1. The molecule has 29 heavy (non-hydrogen) atoms. The zero-order valence-electron chi connectivity index (χ0n) is 16.2. The lowest BCUT2D eigenvalue weighted by atomic mass is 9.95. The van der Waals surface area contributed by atoms with Crippen LogP contribution in [-0.2, 0) is 9.53 Å². The first-order valence-electron chi connectivity index (χ1n) is 9.61. The molecule has 0 aliphatic carbocycles. The van der Waals surface area contributed by atoms with Gasteiger partial charge in [0.25, 0.3) is 5.91 Å². The molecular weight excluding hydrogens is 436 g/mol. The molecule has 0 atom stereocenters. The summed E-state index contributed by atoms with van der Waals surface area (Å²) in [7, 11) is 0. The minimum absolute atomic E-state index is 0.0153. The predicted molar refractivity (Wildman–Crippen MR) is 114 cm³/mol. The summed E-state index contributed by atoms with van der Waals surface area (Å²) in [5.41, 5.74) is 1.61. The van der Waals surface area contributed by atoms with Crippen LogP contribution in [0.2, 0.25) is 0 Å². The second-order valence-corrected chi connectivity index (χ2v) is 7.78. The molecule has 2 amide bonds. The number of nitrogens with zero attached hydrogens (tertiary/aromatic N) is 1. The van der Waals surface area contributed by atoms with Crippen LogP contribution in [0.15, 0.2) is 53.0 Å². The van der Waals surface area contributed by atoms with Gasteiger partial charge < -0.3 is 15.0 Å². The predicted octanol–water partition coefficient (Wildman–Crippen LogP) is 4.12. The number of hydrogen-bond acceptors (Lipinski definition) is 4. The quantitative estimate of drug-likeness (QED) is 0.683. The lowest BCUT2D eigenvalue weighted by molar-refractivity contribution is -0.121. The van der Waals surface area contributed by atoms with Crippen LogP contribution in [0.1, 0.15) is 40.5 Å². The summed E-state index contributed by atoms with van der Waals surface area (Å²) >= 11 is 3.37. The number of anilines is 1. The molecule has 152 valence electrons. The van der Waals surface area contributed by atoms with Gasteiger partial charge in [0.2, 0.25) is 5.91 Å². The van der Waals surface area contributed by atoms with Crippen LogP contribution in [0.5, 0.6) is 0 Å². The van der Waals surface area contributed by atoms with E-state index in [0.29, 0.717) is 49.4 Å². The summed E-state index contributed by atoms with van der Waals surface area (Å²) in [5, 5.41) is 2.88. The monoisotopic (exact) mass is 458 g/mol. The number of rotatable bonds is 5. The molecule has 1 saturated heterocycles. The third-order valence-corrected chi connectivity index (χ3v) is 5.41. The molecule has 7 heteroatoms. The summed E-state index contributed by atoms with van der Waals surface area (Å²) in [6, 6.07) is 14.0. The fraction of sp³-hybridized carbons (Fsp3) is 0.318. The number of benzene rings is 2. The second kappa shape index (κ2) is 9.69. The van der Waals surface area contributed by atoms with Crippen LogP contribution in [0.25, 0.3) is 0 Å². The highest BCUT2D eigenvalue weighted by atomic mass is 79.9. The van der Waals surface area contributed by atoms with E-state index in [-0.39, 0.29) is 17.7 Å². The summed E-state index contributed by atoms with van der Waals surface area (Å²) in [6.45, 7) is 3.12. The number of esters is 1. The van der Waals surface area contributed by atoms with Crippen molar-refractivity contribution in [1.82, 2.24) is 4.90 Å². The Bertz CT molecular complexity index is 890. The van der Waals surface area contributed by atoms with Gasteiger partial charge in [-0.15, -0.1) is 0 Å². The van der Waals surface area contributed by atoms with Gasteiger partial charge >= 0.3 is 5.97 Å². The molecule has 2 aromatic rings. The van der Waals surface area contributed by atoms with Crippen LogP contribution >= 0.6 is 15.9 Å². The number of carbonyl (C=O) groups is 3. The van der Waals surface area contributed by atoms with Crippen molar-refractivity contribution in [3.63, 3.8) is 0 Å². The molecule has 1 fully saturated rings. The van der Waals surface area contributed by atoms with Crippen LogP contribution in [0, 0.1) is 5.92 Å². The number of piperidine rings is 1. The summed E-state index contributed by atoms with van der Waals surface area (Å²) in [6.07, 6.45) is 1.21. The van der Waals surface area contributed by atoms with Gasteiger partial charge in [-0.05, 0) is 62.2 Å². The fourth-order valence-corrected chi connectivity index (χ4v) is 3.57. The van der Waals surface area contributed by atoms with Gasteiger partial charge in [-0.3, -0.25) is 9.59 Å². The molecule has 1 N–H and O–H groups in total. The third-order valence-electron chi connectivity index (χ3n) is 4.89.